The molecule has 158 valence electrons. The second-order valence-corrected chi connectivity index (χ2v) is 9.06. The van der Waals surface area contributed by atoms with Gasteiger partial charge in [-0.3, -0.25) is 9.36 Å². The van der Waals surface area contributed by atoms with E-state index in [9.17, 15) is 4.79 Å². The van der Waals surface area contributed by atoms with Crippen LogP contribution in [0.1, 0.15) is 16.7 Å². The normalized spacial score (nSPS) is 11.2. The number of benzene rings is 3. The van der Waals surface area contributed by atoms with Crippen molar-refractivity contribution in [2.75, 3.05) is 0 Å². The molecule has 32 heavy (non-hydrogen) atoms. The van der Waals surface area contributed by atoms with Gasteiger partial charge in [-0.2, -0.15) is 0 Å². The zero-order valence-electron chi connectivity index (χ0n) is 18.2. The van der Waals surface area contributed by atoms with Gasteiger partial charge in [0, 0.05) is 12.1 Å². The second kappa shape index (κ2) is 8.56. The maximum Gasteiger partial charge on any atom is 0.271 e. The first kappa shape index (κ1) is 20.4. The summed E-state index contributed by atoms with van der Waals surface area (Å²) >= 11 is 1.46. The lowest BCUT2D eigenvalue weighted by Gasteiger charge is -2.14. The summed E-state index contributed by atoms with van der Waals surface area (Å²) in [5.41, 5.74) is 7.87. The first-order chi connectivity index (χ1) is 15.6. The molecule has 0 aliphatic carbocycles. The summed E-state index contributed by atoms with van der Waals surface area (Å²) < 4.78 is 2.56. The average molecular weight is 437 g/mol. The third-order valence-corrected chi connectivity index (χ3v) is 6.90. The van der Waals surface area contributed by atoms with Gasteiger partial charge in [-0.05, 0) is 59.5 Å². The van der Waals surface area contributed by atoms with E-state index in [1.165, 1.54) is 33.6 Å². The molecular formula is C28H24N2OS. The number of aromatic nitrogens is 2. The lowest BCUT2D eigenvalue weighted by Crippen LogP contribution is -2.23. The molecule has 3 aromatic carbocycles. The standard InChI is InChI=1S/C28H24N2OS/c1-19-8-9-21(18-20(19)2)14-16-30-27(29-25-15-17-32-26(25)28(30)31)24-12-10-23(11-13-24)22-6-4-3-5-7-22/h3-13,15,17-18H,14,16H2,1-2H3. The van der Waals surface area contributed by atoms with Gasteiger partial charge in [-0.25, -0.2) is 4.98 Å². The monoisotopic (exact) mass is 436 g/mol. The van der Waals surface area contributed by atoms with Gasteiger partial charge < -0.3 is 0 Å². The van der Waals surface area contributed by atoms with Gasteiger partial charge in [0.1, 0.15) is 10.5 Å². The SMILES string of the molecule is Cc1ccc(CCn2c(-c3ccc(-c4ccccc4)cc3)nc3ccsc3c2=O)cc1C. The Bertz CT molecular complexity index is 1450. The van der Waals surface area contributed by atoms with Crippen molar-refractivity contribution in [2.45, 2.75) is 26.8 Å². The van der Waals surface area contributed by atoms with Crippen molar-refractivity contribution in [2.24, 2.45) is 0 Å². The Hall–Kier alpha value is -3.50. The predicted octanol–water partition coefficient (Wildman–Crippen LogP) is 6.65. The van der Waals surface area contributed by atoms with E-state index in [4.69, 9.17) is 4.98 Å². The minimum Gasteiger partial charge on any atom is -0.291 e. The fourth-order valence-corrected chi connectivity index (χ4v) is 4.79. The number of hydrogen-bond acceptors (Lipinski definition) is 3. The summed E-state index contributed by atoms with van der Waals surface area (Å²) in [6, 6.07) is 27.1. The third kappa shape index (κ3) is 3.90. The van der Waals surface area contributed by atoms with E-state index >= 15 is 0 Å². The molecule has 2 heterocycles. The van der Waals surface area contributed by atoms with Crippen LogP contribution in [-0.2, 0) is 13.0 Å². The minimum atomic E-state index is 0.0379. The highest BCUT2D eigenvalue weighted by Crippen LogP contribution is 2.26. The first-order valence-corrected chi connectivity index (χ1v) is 11.7. The van der Waals surface area contributed by atoms with Gasteiger partial charge in [0.25, 0.3) is 5.56 Å². The molecule has 5 aromatic rings. The summed E-state index contributed by atoms with van der Waals surface area (Å²) in [5.74, 6) is 0.726. The molecule has 4 heteroatoms. The molecular weight excluding hydrogens is 412 g/mol. The van der Waals surface area contributed by atoms with Crippen LogP contribution in [0.25, 0.3) is 32.7 Å². The van der Waals surface area contributed by atoms with Crippen LogP contribution in [-0.4, -0.2) is 9.55 Å². The fourth-order valence-electron chi connectivity index (χ4n) is 4.01. The van der Waals surface area contributed by atoms with Crippen LogP contribution in [0.3, 0.4) is 0 Å². The summed E-state index contributed by atoms with van der Waals surface area (Å²) in [6.07, 6.45) is 0.786. The topological polar surface area (TPSA) is 34.9 Å². The Morgan fingerprint density at radius 1 is 0.812 bits per heavy atom. The molecule has 0 fully saturated rings. The van der Waals surface area contributed by atoms with E-state index in [1.54, 1.807) is 0 Å². The van der Waals surface area contributed by atoms with Crippen LogP contribution in [0.2, 0.25) is 0 Å². The number of thiophene rings is 1. The number of nitrogens with zero attached hydrogens (tertiary/aromatic N) is 2. The Morgan fingerprint density at radius 2 is 1.53 bits per heavy atom. The average Bonchev–Trinajstić information content (AvgIpc) is 3.30. The lowest BCUT2D eigenvalue weighted by molar-refractivity contribution is 0.672. The fraction of sp³-hybridized carbons (Fsp3) is 0.143. The van der Waals surface area contributed by atoms with Gasteiger partial charge in [-0.15, -0.1) is 11.3 Å². The van der Waals surface area contributed by atoms with E-state index in [2.05, 4.69) is 68.4 Å². The highest BCUT2D eigenvalue weighted by molar-refractivity contribution is 7.17. The molecule has 3 nitrogen and oxygen atoms in total. The van der Waals surface area contributed by atoms with Crippen LogP contribution >= 0.6 is 11.3 Å². The molecule has 0 aliphatic heterocycles. The van der Waals surface area contributed by atoms with E-state index in [0.717, 1.165) is 33.6 Å². The lowest BCUT2D eigenvalue weighted by atomic mass is 10.0. The van der Waals surface area contributed by atoms with Gasteiger partial charge in [-0.1, -0.05) is 72.8 Å². The molecule has 0 aliphatic rings. The molecule has 0 radical (unpaired) electrons. The highest BCUT2D eigenvalue weighted by atomic mass is 32.1. The molecule has 2 aromatic heterocycles. The van der Waals surface area contributed by atoms with Crippen molar-refractivity contribution in [3.63, 3.8) is 0 Å². The highest BCUT2D eigenvalue weighted by Gasteiger charge is 2.14. The zero-order chi connectivity index (χ0) is 22.1. The van der Waals surface area contributed by atoms with Crippen molar-refractivity contribution in [1.82, 2.24) is 9.55 Å². The molecule has 0 amide bonds. The van der Waals surface area contributed by atoms with E-state index < -0.39 is 0 Å². The van der Waals surface area contributed by atoms with Crippen LogP contribution in [0.15, 0.2) is 89.0 Å². The van der Waals surface area contributed by atoms with Gasteiger partial charge >= 0.3 is 0 Å². The largest absolute Gasteiger partial charge is 0.291 e. The minimum absolute atomic E-state index is 0.0379. The van der Waals surface area contributed by atoms with Crippen molar-refractivity contribution in [1.29, 1.82) is 0 Å². The van der Waals surface area contributed by atoms with Crippen molar-refractivity contribution in [3.05, 3.63) is 111 Å². The number of hydrogen-bond donors (Lipinski definition) is 0. The molecule has 5 rings (SSSR count). The summed E-state index contributed by atoms with van der Waals surface area (Å²) in [6.45, 7) is 4.84. The van der Waals surface area contributed by atoms with Crippen molar-refractivity contribution >= 4 is 21.6 Å². The molecule has 0 saturated heterocycles. The van der Waals surface area contributed by atoms with E-state index in [-0.39, 0.29) is 5.56 Å². The first-order valence-electron chi connectivity index (χ1n) is 10.8. The Kier molecular flexibility index (Phi) is 5.46. The summed E-state index contributed by atoms with van der Waals surface area (Å²) in [4.78, 5) is 18.2. The second-order valence-electron chi connectivity index (χ2n) is 8.14. The smallest absolute Gasteiger partial charge is 0.271 e. The maximum atomic E-state index is 13.3. The van der Waals surface area contributed by atoms with E-state index in [0.29, 0.717) is 6.54 Å². The van der Waals surface area contributed by atoms with Crippen LogP contribution in [0.4, 0.5) is 0 Å². The molecule has 0 N–H and O–H groups in total. The number of fused-ring (bicyclic) bond motifs is 1. The summed E-state index contributed by atoms with van der Waals surface area (Å²) in [7, 11) is 0. The van der Waals surface area contributed by atoms with Crippen LogP contribution in [0, 0.1) is 13.8 Å². The predicted molar refractivity (Wildman–Crippen MR) is 134 cm³/mol. The quantitative estimate of drug-likeness (QED) is 0.309. The van der Waals surface area contributed by atoms with Crippen LogP contribution < -0.4 is 5.56 Å². The van der Waals surface area contributed by atoms with Crippen LogP contribution in [0.5, 0.6) is 0 Å². The molecule has 0 spiro atoms. The number of rotatable bonds is 5. The molecule has 0 saturated carbocycles. The maximum absolute atomic E-state index is 13.3. The van der Waals surface area contributed by atoms with Crippen molar-refractivity contribution < 1.29 is 0 Å². The Labute approximate surface area is 191 Å². The molecule has 0 bridgehead atoms. The Balaban J connectivity index is 1.54. The zero-order valence-corrected chi connectivity index (χ0v) is 19.0. The Morgan fingerprint density at radius 3 is 2.28 bits per heavy atom. The van der Waals surface area contributed by atoms with E-state index in [1.807, 2.05) is 34.2 Å². The number of aryl methyl sites for hydroxylation is 3. The summed E-state index contributed by atoms with van der Waals surface area (Å²) in [5, 5.41) is 1.94. The van der Waals surface area contributed by atoms with Gasteiger partial charge in [0.05, 0.1) is 5.52 Å². The van der Waals surface area contributed by atoms with Gasteiger partial charge in [0.15, 0.2) is 0 Å². The molecule has 0 unspecified atom stereocenters. The third-order valence-electron chi connectivity index (χ3n) is 6.01. The molecule has 0 atom stereocenters. The van der Waals surface area contributed by atoms with Gasteiger partial charge in [0.2, 0.25) is 0 Å². The van der Waals surface area contributed by atoms with Crippen molar-refractivity contribution in [3.8, 4) is 22.5 Å².